The third-order valence-corrected chi connectivity index (χ3v) is 4.89. The van der Waals surface area contributed by atoms with Crippen LogP contribution in [0.2, 0.25) is 0 Å². The number of benzene rings is 1. The summed E-state index contributed by atoms with van der Waals surface area (Å²) >= 11 is 0. The molecule has 6 heteroatoms. The van der Waals surface area contributed by atoms with Crippen LogP contribution >= 0.6 is 0 Å². The van der Waals surface area contributed by atoms with E-state index in [9.17, 15) is 13.5 Å². The number of hydrogen-bond donors (Lipinski definition) is 3. The van der Waals surface area contributed by atoms with Crippen molar-refractivity contribution < 1.29 is 13.5 Å². The van der Waals surface area contributed by atoms with Crippen molar-refractivity contribution in [2.75, 3.05) is 5.73 Å². The third-order valence-electron chi connectivity index (χ3n) is 3.25. The summed E-state index contributed by atoms with van der Waals surface area (Å²) in [5.74, 6) is -0.123. The second kappa shape index (κ2) is 5.16. The fraction of sp³-hybridized carbons (Fsp3) is 0.500. The Bertz CT molecular complexity index is 522. The minimum Gasteiger partial charge on any atom is -0.506 e. The van der Waals surface area contributed by atoms with Crippen molar-refractivity contribution in [3.05, 3.63) is 18.2 Å². The van der Waals surface area contributed by atoms with Crippen LogP contribution in [0.5, 0.6) is 5.75 Å². The molecule has 1 rings (SSSR count). The second-order valence-electron chi connectivity index (χ2n) is 4.59. The fourth-order valence-electron chi connectivity index (χ4n) is 1.48. The van der Waals surface area contributed by atoms with Gasteiger partial charge in [0.15, 0.2) is 0 Å². The molecule has 4 N–H and O–H groups in total. The molecule has 1 aromatic rings. The highest BCUT2D eigenvalue weighted by Gasteiger charge is 2.27. The smallest absolute Gasteiger partial charge is 0.241 e. The molecule has 0 amide bonds. The number of aromatic hydroxyl groups is 1. The summed E-state index contributed by atoms with van der Waals surface area (Å²) in [6, 6.07) is 3.86. The number of sulfonamides is 1. The van der Waals surface area contributed by atoms with Crippen LogP contribution in [-0.2, 0) is 10.0 Å². The van der Waals surface area contributed by atoms with Gasteiger partial charge in [-0.2, -0.15) is 0 Å². The first-order valence-corrected chi connectivity index (χ1v) is 7.35. The van der Waals surface area contributed by atoms with Crippen molar-refractivity contribution in [3.8, 4) is 5.75 Å². The molecular weight excluding hydrogens is 252 g/mol. The summed E-state index contributed by atoms with van der Waals surface area (Å²) in [5.41, 5.74) is 5.07. The van der Waals surface area contributed by atoms with Gasteiger partial charge in [0.05, 0.1) is 10.6 Å². The molecule has 1 aromatic carbocycles. The maximum Gasteiger partial charge on any atom is 0.241 e. The van der Waals surface area contributed by atoms with Crippen molar-refractivity contribution in [3.63, 3.8) is 0 Å². The topological polar surface area (TPSA) is 92.4 Å². The van der Waals surface area contributed by atoms with Gasteiger partial charge in [-0.05, 0) is 38.0 Å². The Hall–Kier alpha value is -1.27. The summed E-state index contributed by atoms with van der Waals surface area (Å²) in [4.78, 5) is 0.0610. The lowest BCUT2D eigenvalue weighted by Crippen LogP contribution is -2.44. The average molecular weight is 272 g/mol. The quantitative estimate of drug-likeness (QED) is 0.563. The molecule has 0 bridgehead atoms. The van der Waals surface area contributed by atoms with Crippen molar-refractivity contribution in [1.29, 1.82) is 0 Å². The molecule has 5 nitrogen and oxygen atoms in total. The predicted molar refractivity (Wildman–Crippen MR) is 71.8 cm³/mol. The Labute approximate surface area is 108 Å². The van der Waals surface area contributed by atoms with E-state index < -0.39 is 15.6 Å². The van der Waals surface area contributed by atoms with Crippen molar-refractivity contribution in [2.45, 2.75) is 44.0 Å². The molecule has 0 fully saturated rings. The Balaban J connectivity index is 3.10. The molecule has 0 heterocycles. The Kier molecular flexibility index (Phi) is 4.24. The highest BCUT2D eigenvalue weighted by Crippen LogP contribution is 2.25. The number of anilines is 1. The van der Waals surface area contributed by atoms with E-state index in [2.05, 4.69) is 4.72 Å². The zero-order valence-electron chi connectivity index (χ0n) is 10.9. The predicted octanol–water partition coefficient (Wildman–Crippen LogP) is 1.83. The van der Waals surface area contributed by atoms with E-state index in [1.165, 1.54) is 18.2 Å². The number of hydrogen-bond acceptors (Lipinski definition) is 4. The van der Waals surface area contributed by atoms with Crippen LogP contribution in [0.15, 0.2) is 23.1 Å². The van der Waals surface area contributed by atoms with Gasteiger partial charge in [-0.15, -0.1) is 0 Å². The van der Waals surface area contributed by atoms with Crippen molar-refractivity contribution >= 4 is 15.7 Å². The molecular formula is C12H20N2O3S. The number of phenolic OH excluding ortho intramolecular Hbond substituents is 1. The van der Waals surface area contributed by atoms with E-state index in [1.807, 2.05) is 20.8 Å². The van der Waals surface area contributed by atoms with Gasteiger partial charge in [0.1, 0.15) is 5.75 Å². The molecule has 0 aliphatic carbocycles. The van der Waals surface area contributed by atoms with Crippen molar-refractivity contribution in [1.82, 2.24) is 4.72 Å². The molecule has 0 atom stereocenters. The molecule has 0 unspecified atom stereocenters. The molecule has 0 aliphatic heterocycles. The van der Waals surface area contributed by atoms with Gasteiger partial charge in [0, 0.05) is 5.54 Å². The van der Waals surface area contributed by atoms with Gasteiger partial charge in [-0.1, -0.05) is 13.8 Å². The van der Waals surface area contributed by atoms with E-state index in [1.54, 1.807) is 0 Å². The molecule has 0 spiro atoms. The van der Waals surface area contributed by atoms with E-state index in [0.29, 0.717) is 12.8 Å². The van der Waals surface area contributed by atoms with Crippen molar-refractivity contribution in [2.24, 2.45) is 0 Å². The molecule has 0 saturated heterocycles. The van der Waals surface area contributed by atoms with Crippen LogP contribution in [0, 0.1) is 0 Å². The van der Waals surface area contributed by atoms with Gasteiger partial charge < -0.3 is 10.8 Å². The molecule has 0 saturated carbocycles. The van der Waals surface area contributed by atoms with Gasteiger partial charge >= 0.3 is 0 Å². The minimum atomic E-state index is -3.62. The number of nitrogens with one attached hydrogen (secondary N) is 1. The summed E-state index contributed by atoms with van der Waals surface area (Å²) in [6.07, 6.45) is 1.38. The largest absolute Gasteiger partial charge is 0.506 e. The molecule has 0 aromatic heterocycles. The Morgan fingerprint density at radius 3 is 2.33 bits per heavy atom. The van der Waals surface area contributed by atoms with Crippen LogP contribution in [0.25, 0.3) is 0 Å². The van der Waals surface area contributed by atoms with Gasteiger partial charge in [0.2, 0.25) is 10.0 Å². The zero-order chi connectivity index (χ0) is 14.0. The second-order valence-corrected chi connectivity index (χ2v) is 6.28. The summed E-state index contributed by atoms with van der Waals surface area (Å²) < 4.78 is 27.0. The molecule has 0 aliphatic rings. The van der Waals surface area contributed by atoms with Gasteiger partial charge in [-0.3, -0.25) is 0 Å². The molecule has 18 heavy (non-hydrogen) atoms. The first-order chi connectivity index (χ1) is 8.24. The lowest BCUT2D eigenvalue weighted by atomic mass is 9.98. The zero-order valence-corrected chi connectivity index (χ0v) is 11.7. The van der Waals surface area contributed by atoms with Gasteiger partial charge in [0.25, 0.3) is 0 Å². The lowest BCUT2D eigenvalue weighted by Gasteiger charge is -2.27. The third kappa shape index (κ3) is 3.14. The molecule has 0 radical (unpaired) electrons. The normalized spacial score (nSPS) is 12.6. The monoisotopic (exact) mass is 272 g/mol. The van der Waals surface area contributed by atoms with Crippen LogP contribution in [0.3, 0.4) is 0 Å². The number of phenols is 1. The van der Waals surface area contributed by atoms with E-state index in [0.717, 1.165) is 0 Å². The van der Waals surface area contributed by atoms with Crippen LogP contribution in [0.4, 0.5) is 5.69 Å². The van der Waals surface area contributed by atoms with E-state index in [-0.39, 0.29) is 16.3 Å². The summed E-state index contributed by atoms with van der Waals surface area (Å²) in [5, 5.41) is 9.29. The minimum absolute atomic E-state index is 0.0487. The Morgan fingerprint density at radius 2 is 1.89 bits per heavy atom. The standard InChI is InChI=1S/C12H20N2O3S/c1-4-12(3,5-2)14-18(16,17)9-6-7-11(15)10(13)8-9/h6-8,14-15H,4-5,13H2,1-3H3. The SMILES string of the molecule is CCC(C)(CC)NS(=O)(=O)c1ccc(O)c(N)c1. The maximum absolute atomic E-state index is 12.2. The Morgan fingerprint density at radius 1 is 1.33 bits per heavy atom. The highest BCUT2D eigenvalue weighted by atomic mass is 32.2. The number of nitrogens with two attached hydrogens (primary N) is 1. The average Bonchev–Trinajstić information content (AvgIpc) is 2.32. The highest BCUT2D eigenvalue weighted by molar-refractivity contribution is 7.89. The first kappa shape index (κ1) is 14.8. The van der Waals surface area contributed by atoms with Crippen LogP contribution < -0.4 is 10.5 Å². The lowest BCUT2D eigenvalue weighted by molar-refractivity contribution is 0.388. The summed E-state index contributed by atoms with van der Waals surface area (Å²) in [6.45, 7) is 5.71. The van der Waals surface area contributed by atoms with Gasteiger partial charge in [-0.25, -0.2) is 13.1 Å². The molecule has 102 valence electrons. The summed E-state index contributed by atoms with van der Waals surface area (Å²) in [7, 11) is -3.62. The first-order valence-electron chi connectivity index (χ1n) is 5.86. The van der Waals surface area contributed by atoms with Crippen LogP contribution in [-0.4, -0.2) is 19.1 Å². The van der Waals surface area contributed by atoms with E-state index >= 15 is 0 Å². The van der Waals surface area contributed by atoms with E-state index in [4.69, 9.17) is 5.73 Å². The fourth-order valence-corrected chi connectivity index (χ4v) is 3.06. The maximum atomic E-state index is 12.2. The van der Waals surface area contributed by atoms with Crippen LogP contribution in [0.1, 0.15) is 33.6 Å². The number of nitrogen functional groups attached to an aromatic ring is 1. The number of rotatable bonds is 5.